The van der Waals surface area contributed by atoms with E-state index in [-0.39, 0.29) is 16.7 Å². The van der Waals surface area contributed by atoms with Gasteiger partial charge in [0.25, 0.3) is 17.7 Å². The summed E-state index contributed by atoms with van der Waals surface area (Å²) >= 11 is 0. The zero-order valence-corrected chi connectivity index (χ0v) is 16.7. The van der Waals surface area contributed by atoms with Crippen LogP contribution in [-0.4, -0.2) is 35.8 Å². The topological polar surface area (TPSA) is 92.8 Å². The van der Waals surface area contributed by atoms with Crippen LogP contribution >= 0.6 is 0 Å². The van der Waals surface area contributed by atoms with E-state index >= 15 is 0 Å². The molecule has 7 nitrogen and oxygen atoms in total. The minimum Gasteiger partial charge on any atom is -0.452 e. The fraction of sp³-hybridized carbons (Fsp3) is 0.273. The maximum atomic E-state index is 12.8. The van der Waals surface area contributed by atoms with E-state index in [0.717, 1.165) is 10.5 Å². The molecule has 1 aliphatic rings. The van der Waals surface area contributed by atoms with Crippen LogP contribution in [0.2, 0.25) is 0 Å². The van der Waals surface area contributed by atoms with Crippen LogP contribution in [-0.2, 0) is 9.53 Å². The van der Waals surface area contributed by atoms with Crippen molar-refractivity contribution in [1.82, 2.24) is 5.32 Å². The normalized spacial score (nSPS) is 13.3. The molecule has 1 heterocycles. The van der Waals surface area contributed by atoms with E-state index in [9.17, 15) is 19.2 Å². The van der Waals surface area contributed by atoms with Gasteiger partial charge in [-0.25, -0.2) is 9.69 Å². The fourth-order valence-corrected chi connectivity index (χ4v) is 3.07. The van der Waals surface area contributed by atoms with Crippen LogP contribution in [0.4, 0.5) is 5.69 Å². The Morgan fingerprint density at radius 1 is 1.00 bits per heavy atom. The van der Waals surface area contributed by atoms with E-state index in [1.54, 1.807) is 12.1 Å². The van der Waals surface area contributed by atoms with Gasteiger partial charge in [-0.2, -0.15) is 0 Å². The second-order valence-corrected chi connectivity index (χ2v) is 7.87. The molecule has 0 unspecified atom stereocenters. The van der Waals surface area contributed by atoms with Gasteiger partial charge in [0.1, 0.15) is 0 Å². The van der Waals surface area contributed by atoms with E-state index in [1.807, 2.05) is 39.8 Å². The number of rotatable bonds is 4. The third kappa shape index (κ3) is 4.18. The molecule has 0 atom stereocenters. The summed E-state index contributed by atoms with van der Waals surface area (Å²) in [5.41, 5.74) is 1.29. The maximum Gasteiger partial charge on any atom is 0.338 e. The van der Waals surface area contributed by atoms with Crippen LogP contribution in [0, 0.1) is 6.92 Å². The number of amides is 3. The van der Waals surface area contributed by atoms with E-state index in [1.165, 1.54) is 18.2 Å². The molecule has 0 saturated carbocycles. The highest BCUT2D eigenvalue weighted by Crippen LogP contribution is 2.31. The van der Waals surface area contributed by atoms with Gasteiger partial charge in [-0.05, 0) is 57.5 Å². The summed E-state index contributed by atoms with van der Waals surface area (Å²) in [6.45, 7) is 6.82. The van der Waals surface area contributed by atoms with Crippen LogP contribution in [0.25, 0.3) is 0 Å². The van der Waals surface area contributed by atoms with E-state index in [0.29, 0.717) is 5.69 Å². The molecule has 0 radical (unpaired) electrons. The predicted molar refractivity (Wildman–Crippen MR) is 107 cm³/mol. The molecule has 3 rings (SSSR count). The quantitative estimate of drug-likeness (QED) is 0.636. The van der Waals surface area contributed by atoms with Crippen molar-refractivity contribution in [3.05, 3.63) is 64.7 Å². The van der Waals surface area contributed by atoms with Crippen molar-refractivity contribution in [2.75, 3.05) is 11.5 Å². The standard InChI is InChI=1S/C22H22N2O5/c1-13-7-5-6-8-17(13)24-19(26)15-10-9-14(11-16(15)20(24)27)21(28)29-12-18(25)23-22(2,3)4/h5-11H,12H2,1-4H3,(H,23,25). The predicted octanol–water partition coefficient (Wildman–Crippen LogP) is 2.87. The Balaban J connectivity index is 1.79. The molecule has 1 N–H and O–H groups in total. The lowest BCUT2D eigenvalue weighted by Crippen LogP contribution is -2.42. The van der Waals surface area contributed by atoms with E-state index in [2.05, 4.69) is 5.32 Å². The summed E-state index contributed by atoms with van der Waals surface area (Å²) in [6.07, 6.45) is 0. The summed E-state index contributed by atoms with van der Waals surface area (Å²) in [7, 11) is 0. The average Bonchev–Trinajstić information content (AvgIpc) is 2.89. The number of hydrogen-bond donors (Lipinski definition) is 1. The minimum absolute atomic E-state index is 0.0973. The van der Waals surface area contributed by atoms with Crippen molar-refractivity contribution in [3.63, 3.8) is 0 Å². The number of carbonyl (C=O) groups is 4. The molecule has 0 spiro atoms. The Labute approximate surface area is 168 Å². The van der Waals surface area contributed by atoms with Crippen molar-refractivity contribution in [1.29, 1.82) is 0 Å². The van der Waals surface area contributed by atoms with Crippen molar-refractivity contribution >= 4 is 29.4 Å². The first kappa shape index (κ1) is 20.3. The second-order valence-electron chi connectivity index (χ2n) is 7.87. The molecule has 0 aliphatic carbocycles. The number of fused-ring (bicyclic) bond motifs is 1. The Morgan fingerprint density at radius 3 is 2.31 bits per heavy atom. The highest BCUT2D eigenvalue weighted by atomic mass is 16.5. The molecule has 1 aliphatic heterocycles. The van der Waals surface area contributed by atoms with Crippen molar-refractivity contribution in [2.45, 2.75) is 33.2 Å². The van der Waals surface area contributed by atoms with Gasteiger partial charge in [0.15, 0.2) is 6.61 Å². The number of hydrogen-bond acceptors (Lipinski definition) is 5. The van der Waals surface area contributed by atoms with Gasteiger partial charge < -0.3 is 10.1 Å². The highest BCUT2D eigenvalue weighted by Gasteiger charge is 2.37. The van der Waals surface area contributed by atoms with Crippen molar-refractivity contribution in [3.8, 4) is 0 Å². The summed E-state index contributed by atoms with van der Waals surface area (Å²) in [6, 6.07) is 11.2. The number of benzene rings is 2. The summed E-state index contributed by atoms with van der Waals surface area (Å²) in [5, 5.41) is 2.69. The Hall–Kier alpha value is -3.48. The zero-order chi connectivity index (χ0) is 21.3. The second kappa shape index (κ2) is 7.50. The van der Waals surface area contributed by atoms with E-state index < -0.39 is 35.8 Å². The third-order valence-electron chi connectivity index (χ3n) is 4.33. The number of ether oxygens (including phenoxy) is 1. The number of anilines is 1. The molecule has 150 valence electrons. The first-order valence-corrected chi connectivity index (χ1v) is 9.15. The minimum atomic E-state index is -0.744. The molecule has 29 heavy (non-hydrogen) atoms. The number of nitrogens with zero attached hydrogens (tertiary/aromatic N) is 1. The first-order valence-electron chi connectivity index (χ1n) is 9.15. The molecular formula is C22H22N2O5. The van der Waals surface area contributed by atoms with Gasteiger partial charge in [0.2, 0.25) is 0 Å². The monoisotopic (exact) mass is 394 g/mol. The lowest BCUT2D eigenvalue weighted by molar-refractivity contribution is -0.125. The smallest absolute Gasteiger partial charge is 0.338 e. The largest absolute Gasteiger partial charge is 0.452 e. The summed E-state index contributed by atoms with van der Waals surface area (Å²) < 4.78 is 5.03. The molecule has 0 bridgehead atoms. The number of aryl methyl sites for hydroxylation is 1. The lowest BCUT2D eigenvalue weighted by atomic mass is 10.1. The summed E-state index contributed by atoms with van der Waals surface area (Å²) in [4.78, 5) is 50.8. The van der Waals surface area contributed by atoms with Crippen molar-refractivity contribution < 1.29 is 23.9 Å². The zero-order valence-electron chi connectivity index (χ0n) is 16.7. The average molecular weight is 394 g/mol. The number of carbonyl (C=O) groups excluding carboxylic acids is 4. The van der Waals surface area contributed by atoms with Crippen LogP contribution < -0.4 is 10.2 Å². The van der Waals surface area contributed by atoms with Crippen LogP contribution in [0.1, 0.15) is 57.4 Å². The fourth-order valence-electron chi connectivity index (χ4n) is 3.07. The highest BCUT2D eigenvalue weighted by molar-refractivity contribution is 6.34. The molecule has 0 fully saturated rings. The maximum absolute atomic E-state index is 12.8. The van der Waals surface area contributed by atoms with Gasteiger partial charge in [-0.1, -0.05) is 18.2 Å². The number of para-hydroxylation sites is 1. The SMILES string of the molecule is Cc1ccccc1N1C(=O)c2ccc(C(=O)OCC(=O)NC(C)(C)C)cc2C1=O. The van der Waals surface area contributed by atoms with Crippen LogP contribution in [0.5, 0.6) is 0 Å². The molecule has 0 saturated heterocycles. The summed E-state index contributed by atoms with van der Waals surface area (Å²) in [5.74, 6) is -2.11. The molecule has 3 amide bonds. The van der Waals surface area contributed by atoms with Crippen LogP contribution in [0.15, 0.2) is 42.5 Å². The first-order chi connectivity index (χ1) is 13.6. The van der Waals surface area contributed by atoms with Gasteiger partial charge >= 0.3 is 5.97 Å². The Bertz CT molecular complexity index is 1020. The molecular weight excluding hydrogens is 372 g/mol. The number of nitrogens with one attached hydrogen (secondary N) is 1. The lowest BCUT2D eigenvalue weighted by Gasteiger charge is -2.20. The van der Waals surface area contributed by atoms with Crippen LogP contribution in [0.3, 0.4) is 0 Å². The van der Waals surface area contributed by atoms with Gasteiger partial charge in [-0.15, -0.1) is 0 Å². The molecule has 7 heteroatoms. The number of imide groups is 1. The number of esters is 1. The molecule has 2 aromatic rings. The molecule has 2 aromatic carbocycles. The Morgan fingerprint density at radius 2 is 1.66 bits per heavy atom. The Kier molecular flexibility index (Phi) is 5.24. The van der Waals surface area contributed by atoms with Gasteiger partial charge in [-0.3, -0.25) is 14.4 Å². The third-order valence-corrected chi connectivity index (χ3v) is 4.33. The van der Waals surface area contributed by atoms with E-state index in [4.69, 9.17) is 4.74 Å². The van der Waals surface area contributed by atoms with Gasteiger partial charge in [0, 0.05) is 5.54 Å². The molecule has 0 aromatic heterocycles. The van der Waals surface area contributed by atoms with Gasteiger partial charge in [0.05, 0.1) is 22.4 Å². The van der Waals surface area contributed by atoms with Crippen molar-refractivity contribution in [2.24, 2.45) is 0 Å².